The van der Waals surface area contributed by atoms with Gasteiger partial charge in [-0.05, 0) is 44.4 Å². The van der Waals surface area contributed by atoms with Gasteiger partial charge in [0.25, 0.3) is 5.91 Å². The van der Waals surface area contributed by atoms with E-state index in [-0.39, 0.29) is 30.0 Å². The van der Waals surface area contributed by atoms with Gasteiger partial charge in [-0.2, -0.15) is 4.98 Å². The third-order valence-electron chi connectivity index (χ3n) is 18.1. The molecule has 90 heavy (non-hydrogen) atoms. The molecule has 0 bridgehead atoms. The molecule has 0 aliphatic carbocycles. The van der Waals surface area contributed by atoms with E-state index in [2.05, 4.69) is 31.1 Å². The summed E-state index contributed by atoms with van der Waals surface area (Å²) in [6, 6.07) is 4.92. The van der Waals surface area contributed by atoms with Crippen molar-refractivity contribution in [3.63, 3.8) is 0 Å². The van der Waals surface area contributed by atoms with Gasteiger partial charge in [0.15, 0.2) is 23.8 Å². The van der Waals surface area contributed by atoms with E-state index in [1.165, 1.54) is 288 Å². The third kappa shape index (κ3) is 38.2. The Labute approximate surface area is 548 Å². The number of aliphatic hydroxyl groups is 1. The molecule has 1 aliphatic rings. The Morgan fingerprint density at radius 2 is 0.844 bits per heavy atom. The number of anilines is 1. The number of Topliss-reactive ketones (excluding diaryl/α,β-unsaturated/α-hetero) is 1. The van der Waals surface area contributed by atoms with Crippen molar-refractivity contribution in [3.8, 4) is 17.2 Å². The predicted molar refractivity (Wildman–Crippen MR) is 370 cm³/mol. The van der Waals surface area contributed by atoms with Gasteiger partial charge in [0.05, 0.1) is 32.8 Å². The smallest absolute Gasteiger partial charge is 0.351 e. The molecule has 3 rings (SSSR count). The minimum atomic E-state index is -1.11. The molecule has 0 unspecified atom stereocenters. The Bertz CT molecular complexity index is 2080. The molecule has 1 aromatic carbocycles. The number of nitrogens with zero attached hydrogens (tertiary/aromatic N) is 2. The number of aromatic nitrogens is 2. The summed E-state index contributed by atoms with van der Waals surface area (Å²) in [5.41, 5.74) is -0.484. The molecule has 2 N–H and O–H groups in total. The SMILES string of the molecule is CCCCCCCCCCCCCCCCCCOc1cc(C(=O)Nc2ccn([C@@H]3O[C@H](CO)[C@@H](OC(=O)CCC(C)=O)[C@H]3OC)c(=O)n2)cc(OCCCCCCCCCCCCCCCCCC)c1OCCCCCCCCCCCCCCCCCC. The van der Waals surface area contributed by atoms with Crippen LogP contribution in [0, 0.1) is 0 Å². The molecule has 4 atom stereocenters. The van der Waals surface area contributed by atoms with Crippen LogP contribution in [0.3, 0.4) is 0 Å². The summed E-state index contributed by atoms with van der Waals surface area (Å²) >= 11 is 0. The van der Waals surface area contributed by atoms with Crippen molar-refractivity contribution in [1.82, 2.24) is 9.55 Å². The Kier molecular flexibility index (Phi) is 49.4. The molecule has 1 amide bonds. The second kappa shape index (κ2) is 55.4. The lowest BCUT2D eigenvalue weighted by molar-refractivity contribution is -0.158. The molecule has 2 aromatic rings. The number of ketones is 1. The number of aliphatic hydroxyl groups excluding tert-OH is 1. The Hall–Kier alpha value is -4.01. The highest BCUT2D eigenvalue weighted by molar-refractivity contribution is 6.04. The number of benzene rings is 1. The molecule has 1 aromatic heterocycles. The number of esters is 1. The zero-order chi connectivity index (χ0) is 64.8. The Morgan fingerprint density at radius 3 is 1.17 bits per heavy atom. The van der Waals surface area contributed by atoms with Crippen molar-refractivity contribution in [2.45, 2.75) is 373 Å². The monoisotopic (exact) mass is 1260 g/mol. The van der Waals surface area contributed by atoms with Gasteiger partial charge in [-0.1, -0.05) is 310 Å². The number of rotatable bonds is 63. The molecule has 0 radical (unpaired) electrons. The van der Waals surface area contributed by atoms with Crippen LogP contribution in [0.15, 0.2) is 29.2 Å². The highest BCUT2D eigenvalue weighted by atomic mass is 16.6. The number of carbonyl (C=O) groups excluding carboxylic acids is 3. The fraction of sp³-hybridized carbons (Fsp3) is 0.829. The highest BCUT2D eigenvalue weighted by Crippen LogP contribution is 2.40. The number of methoxy groups -OCH3 is 1. The molecule has 14 heteroatoms. The van der Waals surface area contributed by atoms with Crippen LogP contribution in [-0.2, 0) is 23.8 Å². The fourth-order valence-corrected chi connectivity index (χ4v) is 12.4. The van der Waals surface area contributed by atoms with Gasteiger partial charge < -0.3 is 43.6 Å². The quantitative estimate of drug-likeness (QED) is 0.0475. The zero-order valence-corrected chi connectivity index (χ0v) is 58.2. The van der Waals surface area contributed by atoms with E-state index in [9.17, 15) is 24.3 Å². The average Bonchev–Trinajstić information content (AvgIpc) is 1.71. The van der Waals surface area contributed by atoms with Crippen LogP contribution in [0.2, 0.25) is 0 Å². The number of hydrogen-bond acceptors (Lipinski definition) is 12. The van der Waals surface area contributed by atoms with Gasteiger partial charge in [0, 0.05) is 25.3 Å². The summed E-state index contributed by atoms with van der Waals surface area (Å²) in [5.74, 6) is 0.136. The maximum absolute atomic E-state index is 14.3. The second-order valence-electron chi connectivity index (χ2n) is 26.3. The molecule has 14 nitrogen and oxygen atoms in total. The van der Waals surface area contributed by atoms with Crippen LogP contribution in [0.1, 0.15) is 365 Å². The van der Waals surface area contributed by atoms with Gasteiger partial charge in [0.2, 0.25) is 5.75 Å². The summed E-state index contributed by atoms with van der Waals surface area (Å²) in [7, 11) is 1.39. The van der Waals surface area contributed by atoms with Crippen molar-refractivity contribution in [2.24, 2.45) is 0 Å². The van der Waals surface area contributed by atoms with E-state index in [0.717, 1.165) is 51.4 Å². The summed E-state index contributed by atoms with van der Waals surface area (Å²) in [6.07, 6.45) is 58.9. The minimum absolute atomic E-state index is 0.00717. The van der Waals surface area contributed by atoms with Crippen molar-refractivity contribution in [3.05, 3.63) is 40.4 Å². The van der Waals surface area contributed by atoms with Crippen LogP contribution < -0.4 is 25.2 Å². The summed E-state index contributed by atoms with van der Waals surface area (Å²) in [5, 5.41) is 13.0. The number of carbonyl (C=O) groups is 3. The number of hydrogen-bond donors (Lipinski definition) is 2. The molecule has 2 heterocycles. The molecule has 1 fully saturated rings. The largest absolute Gasteiger partial charge is 0.490 e. The lowest BCUT2D eigenvalue weighted by atomic mass is 10.0. The number of ether oxygens (including phenoxy) is 6. The summed E-state index contributed by atoms with van der Waals surface area (Å²) in [6.45, 7) is 9.16. The minimum Gasteiger partial charge on any atom is -0.490 e. The fourth-order valence-electron chi connectivity index (χ4n) is 12.4. The number of unbranched alkanes of at least 4 members (excludes halogenated alkanes) is 45. The predicted octanol–water partition coefficient (Wildman–Crippen LogP) is 20.6. The van der Waals surface area contributed by atoms with Crippen molar-refractivity contribution in [2.75, 3.05) is 38.9 Å². The van der Waals surface area contributed by atoms with E-state index in [0.29, 0.717) is 37.1 Å². The van der Waals surface area contributed by atoms with E-state index >= 15 is 0 Å². The first-order valence-electron chi connectivity index (χ1n) is 37.6. The van der Waals surface area contributed by atoms with Gasteiger partial charge in [0.1, 0.15) is 23.8 Å². The van der Waals surface area contributed by atoms with Crippen LogP contribution in [0.5, 0.6) is 17.2 Å². The molecular weight excluding hydrogens is 1130 g/mol. The number of nitrogens with one attached hydrogen (secondary N) is 1. The van der Waals surface area contributed by atoms with Gasteiger partial charge in [-0.25, -0.2) is 4.79 Å². The first kappa shape index (κ1) is 80.2. The topological polar surface area (TPSA) is 174 Å². The van der Waals surface area contributed by atoms with Crippen LogP contribution in [-0.4, -0.2) is 84.2 Å². The lowest BCUT2D eigenvalue weighted by Gasteiger charge is -2.23. The summed E-state index contributed by atoms with van der Waals surface area (Å²) < 4.78 is 38.3. The highest BCUT2D eigenvalue weighted by Gasteiger charge is 2.48. The van der Waals surface area contributed by atoms with Crippen molar-refractivity contribution in [1.29, 1.82) is 0 Å². The average molecular weight is 1260 g/mol. The number of amides is 1. The molecular formula is C76H133N3O11. The zero-order valence-electron chi connectivity index (χ0n) is 58.2. The molecule has 0 spiro atoms. The standard InChI is InChI=1S/C76H133N3O11/c1-6-9-12-15-18-21-24-27-30-33-36-39-42-45-48-51-58-86-66-61-65(74(83)77-69-56-57-79(76(84)78-69)75-73(85-5)72(68(63-80)89-75)90-70(82)55-54-64(4)81)62-67(87-59-52-49-46-43-40-37-34-31-28-25-22-19-16-13-10-7-2)71(66)88-60-53-50-47-44-41-38-35-32-29-26-23-20-17-14-11-8-3/h56-57,61-62,68,72-73,75,80H,6-55,58-60,63H2,1-5H3,(H,77,78,83,84)/t68-,72-,73-,75-/m1/s1. The third-order valence-corrected chi connectivity index (χ3v) is 18.1. The normalized spacial score (nSPS) is 15.6. The van der Waals surface area contributed by atoms with Gasteiger partial charge in [-0.3, -0.25) is 14.2 Å². The Morgan fingerprint density at radius 1 is 0.500 bits per heavy atom. The first-order valence-corrected chi connectivity index (χ1v) is 37.6. The molecule has 518 valence electrons. The van der Waals surface area contributed by atoms with E-state index < -0.39 is 48.7 Å². The van der Waals surface area contributed by atoms with Crippen molar-refractivity contribution >= 4 is 23.5 Å². The maximum Gasteiger partial charge on any atom is 0.351 e. The van der Waals surface area contributed by atoms with E-state index in [1.54, 1.807) is 12.1 Å². The lowest BCUT2D eigenvalue weighted by Crippen LogP contribution is -2.40. The Balaban J connectivity index is 1.69. The van der Waals surface area contributed by atoms with Gasteiger partial charge in [-0.15, -0.1) is 0 Å². The van der Waals surface area contributed by atoms with E-state index in [4.69, 9.17) is 28.4 Å². The summed E-state index contributed by atoms with van der Waals surface area (Å²) in [4.78, 5) is 56.5. The molecule has 1 saturated heterocycles. The second-order valence-corrected chi connectivity index (χ2v) is 26.3. The van der Waals surface area contributed by atoms with Crippen molar-refractivity contribution < 1.29 is 47.9 Å². The van der Waals surface area contributed by atoms with Crippen LogP contribution >= 0.6 is 0 Å². The van der Waals surface area contributed by atoms with Gasteiger partial charge >= 0.3 is 11.7 Å². The van der Waals surface area contributed by atoms with Crippen LogP contribution in [0.25, 0.3) is 0 Å². The van der Waals surface area contributed by atoms with Crippen LogP contribution in [0.4, 0.5) is 5.82 Å². The first-order chi connectivity index (χ1) is 44.2. The van der Waals surface area contributed by atoms with E-state index in [1.807, 2.05) is 0 Å². The maximum atomic E-state index is 14.3. The molecule has 0 saturated carbocycles. The molecule has 1 aliphatic heterocycles.